The Hall–Kier alpha value is -1.82. The van der Waals surface area contributed by atoms with E-state index in [9.17, 15) is 4.79 Å². The van der Waals surface area contributed by atoms with Gasteiger partial charge < -0.3 is 4.74 Å². The molecule has 0 saturated carbocycles. The Kier molecular flexibility index (Phi) is 2.79. The van der Waals surface area contributed by atoms with E-state index in [1.54, 1.807) is 18.9 Å². The average molecular weight is 261 g/mol. The number of hydrogen-bond acceptors (Lipinski definition) is 5. The topological polar surface area (TPSA) is 57.0 Å². The lowest BCUT2D eigenvalue weighted by Gasteiger charge is -2.07. The number of aromatic nitrogens is 3. The molecule has 2 heterocycles. The molecule has 1 aromatic carbocycles. The minimum Gasteiger partial charge on any atom is -0.497 e. The molecule has 0 spiro atoms. The first-order valence-corrected chi connectivity index (χ1v) is 6.54. The minimum atomic E-state index is 0.0102. The summed E-state index contributed by atoms with van der Waals surface area (Å²) < 4.78 is 6.50. The van der Waals surface area contributed by atoms with Crippen LogP contribution in [0.4, 0.5) is 0 Å². The van der Waals surface area contributed by atoms with E-state index in [0.717, 1.165) is 17.1 Å². The highest BCUT2D eigenvalue weighted by Crippen LogP contribution is 2.26. The van der Waals surface area contributed by atoms with Gasteiger partial charge in [-0.1, -0.05) is 11.8 Å². The average Bonchev–Trinajstić information content (AvgIpc) is 2.84. The van der Waals surface area contributed by atoms with Crippen LogP contribution >= 0.6 is 11.8 Å². The van der Waals surface area contributed by atoms with Crippen LogP contribution in [0.1, 0.15) is 11.2 Å². The molecule has 1 aliphatic rings. The molecule has 2 aromatic rings. The predicted octanol–water partition coefficient (Wildman–Crippen LogP) is 2.09. The second kappa shape index (κ2) is 4.45. The zero-order valence-corrected chi connectivity index (χ0v) is 10.6. The number of benzene rings is 1. The predicted molar refractivity (Wildman–Crippen MR) is 68.0 cm³/mol. The summed E-state index contributed by atoms with van der Waals surface area (Å²) in [6.45, 7) is 0. The van der Waals surface area contributed by atoms with Gasteiger partial charge in [-0.3, -0.25) is 4.79 Å². The van der Waals surface area contributed by atoms with Crippen molar-refractivity contribution in [2.24, 2.45) is 0 Å². The molecular weight excluding hydrogens is 250 g/mol. The summed E-state index contributed by atoms with van der Waals surface area (Å²) in [5.74, 6) is 2.15. The van der Waals surface area contributed by atoms with Gasteiger partial charge in [0.1, 0.15) is 5.75 Å². The fraction of sp³-hybridized carbons (Fsp3) is 0.250. The Bertz CT molecular complexity index is 592. The quantitative estimate of drug-likeness (QED) is 0.828. The number of hydrogen-bond donors (Lipinski definition) is 0. The molecular formula is C12H11N3O2S. The van der Waals surface area contributed by atoms with Gasteiger partial charge in [-0.2, -0.15) is 4.68 Å². The van der Waals surface area contributed by atoms with Crippen LogP contribution in [0.5, 0.6) is 5.75 Å². The first kappa shape index (κ1) is 11.3. The highest BCUT2D eigenvalue weighted by molar-refractivity contribution is 7.99. The molecule has 0 atom stereocenters. The van der Waals surface area contributed by atoms with Crippen LogP contribution in [0.2, 0.25) is 0 Å². The van der Waals surface area contributed by atoms with Gasteiger partial charge in [0.05, 0.1) is 7.11 Å². The molecule has 0 N–H and O–H groups in total. The second-order valence-corrected chi connectivity index (χ2v) is 4.91. The van der Waals surface area contributed by atoms with Crippen molar-refractivity contribution in [1.82, 2.24) is 14.8 Å². The van der Waals surface area contributed by atoms with Gasteiger partial charge in [0.2, 0.25) is 5.91 Å². The van der Waals surface area contributed by atoms with Crippen LogP contribution in [0, 0.1) is 0 Å². The largest absolute Gasteiger partial charge is 0.497 e. The van der Waals surface area contributed by atoms with Gasteiger partial charge in [-0.25, -0.2) is 4.98 Å². The number of carbonyl (C=O) groups excluding carboxylic acids is 1. The first-order chi connectivity index (χ1) is 8.78. The molecule has 5 nitrogen and oxygen atoms in total. The molecule has 3 rings (SSSR count). The van der Waals surface area contributed by atoms with Crippen molar-refractivity contribution in [2.45, 2.75) is 11.6 Å². The van der Waals surface area contributed by atoms with Gasteiger partial charge >= 0.3 is 0 Å². The SMILES string of the molecule is COc1ccc(-c2nc3n(n2)C(=O)CCS3)cc1. The van der Waals surface area contributed by atoms with Crippen molar-refractivity contribution in [2.75, 3.05) is 12.9 Å². The maximum atomic E-state index is 11.7. The lowest BCUT2D eigenvalue weighted by atomic mass is 10.2. The van der Waals surface area contributed by atoms with E-state index in [1.807, 2.05) is 24.3 Å². The Morgan fingerprint density at radius 1 is 1.33 bits per heavy atom. The summed E-state index contributed by atoms with van der Waals surface area (Å²) in [5.41, 5.74) is 0.881. The summed E-state index contributed by atoms with van der Waals surface area (Å²) in [5, 5.41) is 4.93. The van der Waals surface area contributed by atoms with Gasteiger partial charge in [-0.05, 0) is 24.3 Å². The highest BCUT2D eigenvalue weighted by Gasteiger charge is 2.21. The number of fused-ring (bicyclic) bond motifs is 1. The molecule has 1 aliphatic heterocycles. The van der Waals surface area contributed by atoms with Gasteiger partial charge in [0, 0.05) is 17.7 Å². The zero-order chi connectivity index (χ0) is 12.5. The number of rotatable bonds is 2. The minimum absolute atomic E-state index is 0.0102. The Morgan fingerprint density at radius 2 is 2.11 bits per heavy atom. The molecule has 0 aliphatic carbocycles. The molecule has 0 amide bonds. The summed E-state index contributed by atoms with van der Waals surface area (Å²) in [6, 6.07) is 7.47. The summed E-state index contributed by atoms with van der Waals surface area (Å²) in [7, 11) is 1.62. The van der Waals surface area contributed by atoms with Gasteiger partial charge in [0.15, 0.2) is 11.0 Å². The van der Waals surface area contributed by atoms with Crippen molar-refractivity contribution in [3.05, 3.63) is 24.3 Å². The molecule has 1 aromatic heterocycles. The van der Waals surface area contributed by atoms with Crippen molar-refractivity contribution in [3.8, 4) is 17.1 Å². The second-order valence-electron chi connectivity index (χ2n) is 3.85. The number of thioether (sulfide) groups is 1. The molecule has 18 heavy (non-hydrogen) atoms. The number of ether oxygens (including phenoxy) is 1. The van der Waals surface area contributed by atoms with Gasteiger partial charge in [0.25, 0.3) is 0 Å². The fourth-order valence-electron chi connectivity index (χ4n) is 1.75. The first-order valence-electron chi connectivity index (χ1n) is 5.55. The normalized spacial score (nSPS) is 14.4. The summed E-state index contributed by atoms with van der Waals surface area (Å²) in [4.78, 5) is 16.0. The molecule has 0 fully saturated rings. The Morgan fingerprint density at radius 3 is 2.78 bits per heavy atom. The monoisotopic (exact) mass is 261 g/mol. The lowest BCUT2D eigenvalue weighted by Crippen LogP contribution is -2.18. The van der Waals surface area contributed by atoms with E-state index in [4.69, 9.17) is 4.74 Å². The van der Waals surface area contributed by atoms with Crippen LogP contribution in [0.15, 0.2) is 29.4 Å². The molecule has 0 radical (unpaired) electrons. The molecule has 0 saturated heterocycles. The molecule has 0 bridgehead atoms. The Labute approximate surface area is 108 Å². The van der Waals surface area contributed by atoms with E-state index in [1.165, 1.54) is 4.68 Å². The van der Waals surface area contributed by atoms with Crippen LogP contribution in [-0.2, 0) is 0 Å². The Balaban J connectivity index is 1.99. The summed E-state index contributed by atoms with van der Waals surface area (Å²) >= 11 is 1.56. The molecule has 6 heteroatoms. The van der Waals surface area contributed by atoms with E-state index >= 15 is 0 Å². The lowest BCUT2D eigenvalue weighted by molar-refractivity contribution is 0.0878. The third-order valence-corrected chi connectivity index (χ3v) is 3.64. The van der Waals surface area contributed by atoms with E-state index in [-0.39, 0.29) is 5.91 Å². The molecule has 92 valence electrons. The van der Waals surface area contributed by atoms with Crippen LogP contribution in [0.25, 0.3) is 11.4 Å². The van der Waals surface area contributed by atoms with Crippen LogP contribution in [-0.4, -0.2) is 33.5 Å². The highest BCUT2D eigenvalue weighted by atomic mass is 32.2. The third-order valence-electron chi connectivity index (χ3n) is 2.71. The van der Waals surface area contributed by atoms with Crippen molar-refractivity contribution in [3.63, 3.8) is 0 Å². The standard InChI is InChI=1S/C12H11N3O2S/c1-17-9-4-2-8(3-5-9)11-13-12-15(14-11)10(16)6-7-18-12/h2-5H,6-7H2,1H3. The summed E-state index contributed by atoms with van der Waals surface area (Å²) in [6.07, 6.45) is 0.517. The van der Waals surface area contributed by atoms with Crippen molar-refractivity contribution >= 4 is 17.7 Å². The van der Waals surface area contributed by atoms with E-state index < -0.39 is 0 Å². The smallest absolute Gasteiger partial charge is 0.250 e. The maximum absolute atomic E-state index is 11.7. The number of nitrogens with zero attached hydrogens (tertiary/aromatic N) is 3. The van der Waals surface area contributed by atoms with Gasteiger partial charge in [-0.15, -0.1) is 5.10 Å². The zero-order valence-electron chi connectivity index (χ0n) is 9.79. The number of carbonyl (C=O) groups is 1. The van der Waals surface area contributed by atoms with Crippen LogP contribution in [0.3, 0.4) is 0 Å². The van der Waals surface area contributed by atoms with Crippen LogP contribution < -0.4 is 4.74 Å². The van der Waals surface area contributed by atoms with Crippen molar-refractivity contribution in [1.29, 1.82) is 0 Å². The third kappa shape index (κ3) is 1.88. The van der Waals surface area contributed by atoms with Crippen molar-refractivity contribution < 1.29 is 9.53 Å². The maximum Gasteiger partial charge on any atom is 0.250 e. The van der Waals surface area contributed by atoms with E-state index in [0.29, 0.717) is 17.4 Å². The number of methoxy groups -OCH3 is 1. The van der Waals surface area contributed by atoms with E-state index in [2.05, 4.69) is 10.1 Å². The fourth-order valence-corrected chi connectivity index (χ4v) is 2.63. The molecule has 0 unspecified atom stereocenters.